The van der Waals surface area contributed by atoms with Gasteiger partial charge in [-0.15, -0.1) is 0 Å². The number of carbonyl (C=O) groups excluding carboxylic acids is 1. The maximum Gasteiger partial charge on any atom is 0.390 e. The second-order valence-corrected chi connectivity index (χ2v) is 3.87. The Hall–Kier alpha value is -0.920. The molecule has 0 bridgehead atoms. The average Bonchev–Trinajstić information content (AvgIpc) is 2.18. The van der Waals surface area contributed by atoms with Crippen molar-refractivity contribution in [3.8, 4) is 0 Å². The van der Waals surface area contributed by atoms with E-state index in [9.17, 15) is 26.7 Å². The summed E-state index contributed by atoms with van der Waals surface area (Å²) in [5.41, 5.74) is -2.88. The summed E-state index contributed by atoms with van der Waals surface area (Å²) >= 11 is 0. The van der Waals surface area contributed by atoms with Gasteiger partial charge in [-0.1, -0.05) is 0 Å². The summed E-state index contributed by atoms with van der Waals surface area (Å²) < 4.78 is 72.7. The highest BCUT2D eigenvalue weighted by atomic mass is 19.4. The van der Waals surface area contributed by atoms with Crippen LogP contribution in [0.5, 0.6) is 0 Å². The van der Waals surface area contributed by atoms with E-state index in [2.05, 4.69) is 9.47 Å². The van der Waals surface area contributed by atoms with Crippen LogP contribution in [0.25, 0.3) is 0 Å². The molecule has 3 nitrogen and oxygen atoms in total. The maximum absolute atomic E-state index is 13.6. The molecule has 0 aliphatic carbocycles. The second-order valence-electron chi connectivity index (χ2n) is 3.87. The fourth-order valence-electron chi connectivity index (χ4n) is 1.85. The standard InChI is InChI=1S/C9H11F5O3/c1-16-6(15)7(4-9(12,13)14)2-3-17-5-8(7,10)11/h2-5H2,1H3. The molecule has 1 unspecified atom stereocenters. The van der Waals surface area contributed by atoms with Crippen LogP contribution in [0.15, 0.2) is 0 Å². The van der Waals surface area contributed by atoms with Gasteiger partial charge in [-0.2, -0.15) is 13.2 Å². The van der Waals surface area contributed by atoms with Gasteiger partial charge in [0.15, 0.2) is 0 Å². The van der Waals surface area contributed by atoms with Crippen molar-refractivity contribution in [2.45, 2.75) is 24.9 Å². The molecule has 100 valence electrons. The Kier molecular flexibility index (Phi) is 3.66. The molecule has 0 aromatic carbocycles. The SMILES string of the molecule is COC(=O)C1(CC(F)(F)F)CCOCC1(F)F. The molecule has 1 aliphatic rings. The van der Waals surface area contributed by atoms with E-state index in [1.165, 1.54) is 0 Å². The molecule has 17 heavy (non-hydrogen) atoms. The second kappa shape index (κ2) is 4.40. The lowest BCUT2D eigenvalue weighted by Crippen LogP contribution is -2.56. The smallest absolute Gasteiger partial charge is 0.390 e. The number of esters is 1. The first-order valence-electron chi connectivity index (χ1n) is 4.75. The Morgan fingerprint density at radius 2 is 2.00 bits per heavy atom. The minimum absolute atomic E-state index is 0.333. The summed E-state index contributed by atoms with van der Waals surface area (Å²) in [6.45, 7) is -1.54. The lowest BCUT2D eigenvalue weighted by molar-refractivity contribution is -0.254. The average molecular weight is 262 g/mol. The van der Waals surface area contributed by atoms with Crippen LogP contribution in [0, 0.1) is 5.41 Å². The number of halogens is 5. The zero-order valence-corrected chi connectivity index (χ0v) is 8.94. The monoisotopic (exact) mass is 262 g/mol. The lowest BCUT2D eigenvalue weighted by Gasteiger charge is -2.41. The Morgan fingerprint density at radius 1 is 1.41 bits per heavy atom. The summed E-state index contributed by atoms with van der Waals surface area (Å²) in [6.07, 6.45) is -7.51. The van der Waals surface area contributed by atoms with Gasteiger partial charge in [-0.05, 0) is 6.42 Å². The van der Waals surface area contributed by atoms with Gasteiger partial charge in [0, 0.05) is 6.61 Å². The highest BCUT2D eigenvalue weighted by molar-refractivity contribution is 5.78. The fraction of sp³-hybridized carbons (Fsp3) is 0.889. The summed E-state index contributed by atoms with van der Waals surface area (Å²) in [5, 5.41) is 0. The van der Waals surface area contributed by atoms with Crippen LogP contribution in [0.1, 0.15) is 12.8 Å². The van der Waals surface area contributed by atoms with Crippen molar-refractivity contribution in [2.24, 2.45) is 5.41 Å². The third-order valence-electron chi connectivity index (χ3n) is 2.74. The molecule has 0 aromatic rings. The van der Waals surface area contributed by atoms with Gasteiger partial charge >= 0.3 is 12.1 Å². The summed E-state index contributed by atoms with van der Waals surface area (Å²) in [7, 11) is 0.784. The first kappa shape index (κ1) is 14.1. The van der Waals surface area contributed by atoms with Crippen molar-refractivity contribution in [3.05, 3.63) is 0 Å². The van der Waals surface area contributed by atoms with E-state index < -0.39 is 42.9 Å². The van der Waals surface area contributed by atoms with Crippen LogP contribution in [0.3, 0.4) is 0 Å². The quantitative estimate of drug-likeness (QED) is 0.565. The predicted molar refractivity (Wildman–Crippen MR) is 45.5 cm³/mol. The molecule has 1 fully saturated rings. The molecule has 0 spiro atoms. The molecule has 8 heteroatoms. The molecule has 0 saturated carbocycles. The number of hydrogen-bond acceptors (Lipinski definition) is 3. The van der Waals surface area contributed by atoms with Crippen molar-refractivity contribution in [2.75, 3.05) is 20.3 Å². The van der Waals surface area contributed by atoms with Crippen LogP contribution in [0.2, 0.25) is 0 Å². The van der Waals surface area contributed by atoms with Gasteiger partial charge in [-0.25, -0.2) is 8.78 Å². The third-order valence-corrected chi connectivity index (χ3v) is 2.74. The number of hydrogen-bond donors (Lipinski definition) is 0. The highest BCUT2D eigenvalue weighted by Gasteiger charge is 2.65. The Balaban J connectivity index is 3.12. The maximum atomic E-state index is 13.6. The molecule has 0 aromatic heterocycles. The van der Waals surface area contributed by atoms with Crippen molar-refractivity contribution in [1.82, 2.24) is 0 Å². The molecule has 1 rings (SSSR count). The van der Waals surface area contributed by atoms with Crippen LogP contribution in [0.4, 0.5) is 22.0 Å². The molecule has 0 amide bonds. The zero-order chi connectivity index (χ0) is 13.3. The highest BCUT2D eigenvalue weighted by Crippen LogP contribution is 2.50. The predicted octanol–water partition coefficient (Wildman–Crippen LogP) is 2.15. The van der Waals surface area contributed by atoms with Crippen molar-refractivity contribution in [1.29, 1.82) is 0 Å². The first-order valence-corrected chi connectivity index (χ1v) is 4.75. The Morgan fingerprint density at radius 3 is 2.41 bits per heavy atom. The van der Waals surface area contributed by atoms with E-state index in [1.54, 1.807) is 0 Å². The molecular formula is C9H11F5O3. The largest absolute Gasteiger partial charge is 0.468 e. The van der Waals surface area contributed by atoms with Gasteiger partial charge in [0.1, 0.15) is 12.0 Å². The molecule has 1 saturated heterocycles. The third kappa shape index (κ3) is 2.67. The lowest BCUT2D eigenvalue weighted by atomic mass is 9.74. The van der Waals surface area contributed by atoms with E-state index in [0.29, 0.717) is 0 Å². The van der Waals surface area contributed by atoms with Gasteiger partial charge in [-0.3, -0.25) is 4.79 Å². The number of rotatable bonds is 2. The van der Waals surface area contributed by atoms with E-state index in [0.717, 1.165) is 7.11 Å². The number of methoxy groups -OCH3 is 1. The van der Waals surface area contributed by atoms with Gasteiger partial charge in [0.25, 0.3) is 5.92 Å². The van der Waals surface area contributed by atoms with E-state index >= 15 is 0 Å². The van der Waals surface area contributed by atoms with E-state index in [4.69, 9.17) is 0 Å². The minimum atomic E-state index is -4.88. The number of carbonyl (C=O) groups is 1. The van der Waals surface area contributed by atoms with Gasteiger partial charge < -0.3 is 9.47 Å². The molecule has 0 radical (unpaired) electrons. The molecule has 1 aliphatic heterocycles. The molecular weight excluding hydrogens is 251 g/mol. The van der Waals surface area contributed by atoms with Crippen LogP contribution >= 0.6 is 0 Å². The minimum Gasteiger partial charge on any atom is -0.468 e. The summed E-state index contributed by atoms with van der Waals surface area (Å²) in [6, 6.07) is 0. The van der Waals surface area contributed by atoms with Crippen LogP contribution in [-0.2, 0) is 14.3 Å². The number of alkyl halides is 5. The van der Waals surface area contributed by atoms with Crippen LogP contribution in [-0.4, -0.2) is 38.4 Å². The number of ether oxygens (including phenoxy) is 2. The Bertz CT molecular complexity index is 301. The Labute approximate surface area is 93.9 Å². The topological polar surface area (TPSA) is 35.5 Å². The fourth-order valence-corrected chi connectivity index (χ4v) is 1.85. The van der Waals surface area contributed by atoms with E-state index in [-0.39, 0.29) is 6.61 Å². The normalized spacial score (nSPS) is 28.8. The van der Waals surface area contributed by atoms with Crippen molar-refractivity contribution >= 4 is 5.97 Å². The summed E-state index contributed by atoms with van der Waals surface area (Å²) in [4.78, 5) is 11.3. The van der Waals surface area contributed by atoms with Crippen molar-refractivity contribution < 1.29 is 36.2 Å². The summed E-state index contributed by atoms with van der Waals surface area (Å²) in [5.74, 6) is -5.45. The van der Waals surface area contributed by atoms with Gasteiger partial charge in [0.2, 0.25) is 0 Å². The van der Waals surface area contributed by atoms with Gasteiger partial charge in [0.05, 0.1) is 13.5 Å². The molecule has 1 heterocycles. The van der Waals surface area contributed by atoms with Crippen molar-refractivity contribution in [3.63, 3.8) is 0 Å². The molecule has 1 atom stereocenters. The molecule has 0 N–H and O–H groups in total. The zero-order valence-electron chi connectivity index (χ0n) is 8.94. The first-order chi connectivity index (χ1) is 7.65. The van der Waals surface area contributed by atoms with E-state index in [1.807, 2.05) is 0 Å². The van der Waals surface area contributed by atoms with Crippen LogP contribution < -0.4 is 0 Å².